The second-order valence-electron chi connectivity index (χ2n) is 6.64. The van der Waals surface area contributed by atoms with E-state index in [1.54, 1.807) is 19.9 Å². The summed E-state index contributed by atoms with van der Waals surface area (Å²) < 4.78 is 46.6. The zero-order chi connectivity index (χ0) is 22.3. The lowest BCUT2D eigenvalue weighted by atomic mass is 10.2. The molecule has 0 aromatic heterocycles. The van der Waals surface area contributed by atoms with Crippen LogP contribution in [0, 0.1) is 5.82 Å². The second-order valence-corrected chi connectivity index (χ2v) is 9.92. The van der Waals surface area contributed by atoms with E-state index in [0.29, 0.717) is 22.1 Å². The molecule has 0 spiro atoms. The van der Waals surface area contributed by atoms with Crippen molar-refractivity contribution in [2.45, 2.75) is 30.5 Å². The van der Waals surface area contributed by atoms with Crippen LogP contribution in [-0.4, -0.2) is 39.8 Å². The minimum atomic E-state index is -3.83. The molecule has 2 aromatic carbocycles. The topological polar surface area (TPSA) is 84.5 Å². The predicted octanol–water partition coefficient (Wildman–Crippen LogP) is 3.84. The molecule has 1 amide bonds. The van der Waals surface area contributed by atoms with Gasteiger partial charge in [-0.15, -0.1) is 0 Å². The van der Waals surface area contributed by atoms with Gasteiger partial charge in [0, 0.05) is 34.7 Å². The molecule has 0 fully saturated rings. The Morgan fingerprint density at radius 2 is 2.00 bits per heavy atom. The SMILES string of the molecule is COc1ccc(S(=O)(=O)NCCSCc2c(F)cccc2Cl)cc1C(=O)NC(C)C. The molecule has 0 atom stereocenters. The number of nitrogens with one attached hydrogen (secondary N) is 2. The number of methoxy groups -OCH3 is 1. The molecule has 2 N–H and O–H groups in total. The van der Waals surface area contributed by atoms with Gasteiger partial charge >= 0.3 is 0 Å². The predicted molar refractivity (Wildman–Crippen MR) is 118 cm³/mol. The van der Waals surface area contributed by atoms with E-state index in [4.69, 9.17) is 16.3 Å². The molecule has 0 unspecified atom stereocenters. The molecule has 0 saturated carbocycles. The third kappa shape index (κ3) is 6.60. The van der Waals surface area contributed by atoms with Crippen molar-refractivity contribution < 1.29 is 22.3 Å². The smallest absolute Gasteiger partial charge is 0.255 e. The Kier molecular flexibility index (Phi) is 8.96. The molecule has 0 aliphatic heterocycles. The first-order valence-corrected chi connectivity index (χ1v) is 12.2. The van der Waals surface area contributed by atoms with Crippen LogP contribution in [0.4, 0.5) is 4.39 Å². The summed E-state index contributed by atoms with van der Waals surface area (Å²) in [4.78, 5) is 12.3. The van der Waals surface area contributed by atoms with Crippen LogP contribution >= 0.6 is 23.4 Å². The molecule has 2 rings (SSSR count). The van der Waals surface area contributed by atoms with Gasteiger partial charge in [-0.05, 0) is 44.2 Å². The fourth-order valence-corrected chi connectivity index (χ4v) is 4.93. The van der Waals surface area contributed by atoms with Gasteiger partial charge in [-0.1, -0.05) is 17.7 Å². The van der Waals surface area contributed by atoms with Crippen LogP contribution in [0.2, 0.25) is 5.02 Å². The average Bonchev–Trinajstić information content (AvgIpc) is 2.68. The van der Waals surface area contributed by atoms with Crippen LogP contribution in [0.5, 0.6) is 5.75 Å². The summed E-state index contributed by atoms with van der Waals surface area (Å²) >= 11 is 7.34. The summed E-state index contributed by atoms with van der Waals surface area (Å²) in [5.74, 6) is 0.220. The van der Waals surface area contributed by atoms with Crippen molar-refractivity contribution in [3.8, 4) is 5.75 Å². The lowest BCUT2D eigenvalue weighted by molar-refractivity contribution is 0.0940. The lowest BCUT2D eigenvalue weighted by Gasteiger charge is -2.13. The zero-order valence-electron chi connectivity index (χ0n) is 16.9. The van der Waals surface area contributed by atoms with Gasteiger partial charge in [0.2, 0.25) is 10.0 Å². The Balaban J connectivity index is 2.00. The molecule has 0 aliphatic carbocycles. The molecule has 0 heterocycles. The summed E-state index contributed by atoms with van der Waals surface area (Å²) in [6.07, 6.45) is 0. The van der Waals surface area contributed by atoms with Crippen LogP contribution in [0.25, 0.3) is 0 Å². The van der Waals surface area contributed by atoms with E-state index in [2.05, 4.69) is 10.0 Å². The highest BCUT2D eigenvalue weighted by molar-refractivity contribution is 7.98. The van der Waals surface area contributed by atoms with Crippen molar-refractivity contribution in [2.75, 3.05) is 19.4 Å². The highest BCUT2D eigenvalue weighted by Gasteiger charge is 2.20. The van der Waals surface area contributed by atoms with Gasteiger partial charge in [-0.25, -0.2) is 17.5 Å². The van der Waals surface area contributed by atoms with Crippen LogP contribution in [0.15, 0.2) is 41.3 Å². The maximum atomic E-state index is 13.8. The minimum Gasteiger partial charge on any atom is -0.496 e. The molecular weight excluding hydrogens is 451 g/mol. The summed E-state index contributed by atoms with van der Waals surface area (Å²) in [6, 6.07) is 8.47. The summed E-state index contributed by atoms with van der Waals surface area (Å²) in [6.45, 7) is 3.75. The number of rotatable bonds is 10. The van der Waals surface area contributed by atoms with Crippen LogP contribution in [0.3, 0.4) is 0 Å². The Morgan fingerprint density at radius 3 is 2.63 bits per heavy atom. The lowest BCUT2D eigenvalue weighted by Crippen LogP contribution is -2.31. The van der Waals surface area contributed by atoms with Crippen molar-refractivity contribution >= 4 is 39.3 Å². The molecule has 164 valence electrons. The largest absolute Gasteiger partial charge is 0.496 e. The highest BCUT2D eigenvalue weighted by Crippen LogP contribution is 2.24. The van der Waals surface area contributed by atoms with Crippen molar-refractivity contribution in [1.29, 1.82) is 0 Å². The molecule has 0 saturated heterocycles. The highest BCUT2D eigenvalue weighted by atomic mass is 35.5. The Hall–Kier alpha value is -1.81. The van der Waals surface area contributed by atoms with E-state index in [0.717, 1.165) is 0 Å². The Bertz CT molecular complexity index is 980. The third-order valence-electron chi connectivity index (χ3n) is 3.99. The number of hydrogen-bond acceptors (Lipinski definition) is 5. The maximum absolute atomic E-state index is 13.8. The summed E-state index contributed by atoms with van der Waals surface area (Å²) in [7, 11) is -2.42. The second kappa shape index (κ2) is 11.0. The summed E-state index contributed by atoms with van der Waals surface area (Å²) in [5.41, 5.74) is 0.528. The van der Waals surface area contributed by atoms with Crippen LogP contribution < -0.4 is 14.8 Å². The molecule has 30 heavy (non-hydrogen) atoms. The van der Waals surface area contributed by atoms with Gasteiger partial charge in [0.05, 0.1) is 17.6 Å². The standard InChI is InChI=1S/C20H24ClFN2O4S2/c1-13(2)24-20(25)15-11-14(7-8-19(15)28-3)30(26,27)23-9-10-29-12-16-17(21)5-4-6-18(16)22/h4-8,11,13,23H,9-10,12H2,1-3H3,(H,24,25). The number of carbonyl (C=O) groups excluding carboxylic acids is 1. The van der Waals surface area contributed by atoms with Gasteiger partial charge in [0.15, 0.2) is 0 Å². The molecule has 6 nitrogen and oxygen atoms in total. The first-order chi connectivity index (χ1) is 14.2. The molecule has 0 radical (unpaired) electrons. The number of ether oxygens (including phenoxy) is 1. The summed E-state index contributed by atoms with van der Waals surface area (Å²) in [5, 5.41) is 3.06. The number of amides is 1. The number of hydrogen-bond donors (Lipinski definition) is 2. The van der Waals surface area contributed by atoms with Crippen LogP contribution in [-0.2, 0) is 15.8 Å². The average molecular weight is 475 g/mol. The first-order valence-electron chi connectivity index (χ1n) is 9.15. The van der Waals surface area contributed by atoms with E-state index < -0.39 is 15.9 Å². The number of thioether (sulfide) groups is 1. The molecule has 10 heteroatoms. The Labute approximate surface area is 185 Å². The Morgan fingerprint density at radius 1 is 1.27 bits per heavy atom. The van der Waals surface area contributed by atoms with Crippen molar-refractivity contribution in [3.63, 3.8) is 0 Å². The van der Waals surface area contributed by atoms with E-state index in [9.17, 15) is 17.6 Å². The molecule has 0 bridgehead atoms. The maximum Gasteiger partial charge on any atom is 0.255 e. The number of carbonyl (C=O) groups is 1. The quantitative estimate of drug-likeness (QED) is 0.511. The van der Waals surface area contributed by atoms with Crippen molar-refractivity contribution in [2.24, 2.45) is 0 Å². The van der Waals surface area contributed by atoms with E-state index in [1.165, 1.54) is 49.2 Å². The molecule has 2 aromatic rings. The fraction of sp³-hybridized carbons (Fsp3) is 0.350. The van der Waals surface area contributed by atoms with Gasteiger partial charge < -0.3 is 10.1 Å². The van der Waals surface area contributed by atoms with E-state index >= 15 is 0 Å². The molecular formula is C20H24ClFN2O4S2. The van der Waals surface area contributed by atoms with E-state index in [1.807, 2.05) is 0 Å². The minimum absolute atomic E-state index is 0.0423. The van der Waals surface area contributed by atoms with E-state index in [-0.39, 0.29) is 34.6 Å². The van der Waals surface area contributed by atoms with Gasteiger partial charge in [-0.3, -0.25) is 4.79 Å². The zero-order valence-corrected chi connectivity index (χ0v) is 19.3. The molecule has 0 aliphatic rings. The fourth-order valence-electron chi connectivity index (χ4n) is 2.55. The van der Waals surface area contributed by atoms with Gasteiger partial charge in [0.1, 0.15) is 11.6 Å². The van der Waals surface area contributed by atoms with Crippen molar-refractivity contribution in [3.05, 3.63) is 58.4 Å². The number of halogens is 2. The normalized spacial score (nSPS) is 11.5. The van der Waals surface area contributed by atoms with Gasteiger partial charge in [0.25, 0.3) is 5.91 Å². The number of sulfonamides is 1. The van der Waals surface area contributed by atoms with Crippen molar-refractivity contribution in [1.82, 2.24) is 10.0 Å². The third-order valence-corrected chi connectivity index (χ3v) is 6.79. The number of benzene rings is 2. The first kappa shape index (κ1) is 24.5. The van der Waals surface area contributed by atoms with Crippen LogP contribution in [0.1, 0.15) is 29.8 Å². The monoisotopic (exact) mass is 474 g/mol. The van der Waals surface area contributed by atoms with Gasteiger partial charge in [-0.2, -0.15) is 11.8 Å².